The standard InChI is InChI=1S/C20H18ClN5O3/c1-11(27)26-17(9-15(24-26)16-3-4-22-25(16)2)13-7-12-8-18-19(29-6-5-28-18)10-14(12)23-20(13)21/h3-4,7-8,10,17H,5-6,9H2,1-2H3. The zero-order valence-electron chi connectivity index (χ0n) is 15.9. The SMILES string of the molecule is CC(=O)N1N=C(c2ccnn2C)CC1c1cc2cc3c(cc2nc1Cl)OCCO3. The van der Waals surface area contributed by atoms with E-state index in [1.165, 1.54) is 11.9 Å². The van der Waals surface area contributed by atoms with Crippen molar-refractivity contribution < 1.29 is 14.3 Å². The van der Waals surface area contributed by atoms with Gasteiger partial charge in [-0.1, -0.05) is 11.6 Å². The third kappa shape index (κ3) is 3.00. The lowest BCUT2D eigenvalue weighted by Crippen LogP contribution is -2.24. The number of hydrogen-bond donors (Lipinski definition) is 0. The summed E-state index contributed by atoms with van der Waals surface area (Å²) in [6.45, 7) is 2.51. The average molecular weight is 412 g/mol. The van der Waals surface area contributed by atoms with Gasteiger partial charge in [0.25, 0.3) is 0 Å². The van der Waals surface area contributed by atoms with E-state index in [1.807, 2.05) is 31.3 Å². The van der Waals surface area contributed by atoms with Gasteiger partial charge in [-0.05, 0) is 18.2 Å². The molecule has 1 amide bonds. The first-order valence-electron chi connectivity index (χ1n) is 9.26. The molecule has 0 aliphatic carbocycles. The smallest absolute Gasteiger partial charge is 0.240 e. The number of ether oxygens (including phenoxy) is 2. The Morgan fingerprint density at radius 2 is 1.97 bits per heavy atom. The van der Waals surface area contributed by atoms with Crippen LogP contribution in [0.2, 0.25) is 5.15 Å². The van der Waals surface area contributed by atoms with Gasteiger partial charge in [0.2, 0.25) is 5.91 Å². The fourth-order valence-electron chi connectivity index (χ4n) is 3.79. The van der Waals surface area contributed by atoms with Crippen LogP contribution in [-0.4, -0.2) is 44.6 Å². The van der Waals surface area contributed by atoms with Crippen LogP contribution in [-0.2, 0) is 11.8 Å². The topological polar surface area (TPSA) is 81.8 Å². The van der Waals surface area contributed by atoms with Crippen LogP contribution in [0, 0.1) is 0 Å². The number of aryl methyl sites for hydroxylation is 1. The van der Waals surface area contributed by atoms with Crippen molar-refractivity contribution >= 4 is 34.1 Å². The van der Waals surface area contributed by atoms with Crippen molar-refractivity contribution in [1.82, 2.24) is 19.8 Å². The molecular formula is C20H18ClN5O3. The van der Waals surface area contributed by atoms with Crippen molar-refractivity contribution in [3.05, 3.63) is 46.9 Å². The Bertz CT molecular complexity index is 1170. The second kappa shape index (κ2) is 6.73. The number of carbonyl (C=O) groups excluding carboxylic acids is 1. The minimum absolute atomic E-state index is 0.162. The molecule has 1 aromatic carbocycles. The Kier molecular flexibility index (Phi) is 4.16. The molecule has 2 aliphatic heterocycles. The monoisotopic (exact) mass is 411 g/mol. The number of carbonyl (C=O) groups is 1. The number of nitrogens with zero attached hydrogens (tertiary/aromatic N) is 5. The minimum Gasteiger partial charge on any atom is -0.486 e. The summed E-state index contributed by atoms with van der Waals surface area (Å²) < 4.78 is 13.1. The normalized spacial score (nSPS) is 18.2. The van der Waals surface area contributed by atoms with E-state index in [9.17, 15) is 4.79 Å². The highest BCUT2D eigenvalue weighted by molar-refractivity contribution is 6.30. The van der Waals surface area contributed by atoms with E-state index in [4.69, 9.17) is 21.1 Å². The first kappa shape index (κ1) is 17.9. The predicted octanol–water partition coefficient (Wildman–Crippen LogP) is 3.09. The largest absolute Gasteiger partial charge is 0.486 e. The van der Waals surface area contributed by atoms with Gasteiger partial charge in [-0.3, -0.25) is 9.48 Å². The first-order chi connectivity index (χ1) is 14.0. The number of benzene rings is 1. The van der Waals surface area contributed by atoms with Crippen LogP contribution in [0.4, 0.5) is 0 Å². The van der Waals surface area contributed by atoms with Gasteiger partial charge in [0.05, 0.1) is 23.0 Å². The van der Waals surface area contributed by atoms with Crippen molar-refractivity contribution in [3.8, 4) is 11.5 Å². The summed E-state index contributed by atoms with van der Waals surface area (Å²) >= 11 is 6.55. The molecule has 0 N–H and O–H groups in total. The molecule has 9 heteroatoms. The number of hydrogen-bond acceptors (Lipinski definition) is 6. The van der Waals surface area contributed by atoms with Gasteiger partial charge >= 0.3 is 0 Å². The van der Waals surface area contributed by atoms with Crippen LogP contribution in [0.25, 0.3) is 10.9 Å². The molecule has 2 aromatic heterocycles. The van der Waals surface area contributed by atoms with Gasteiger partial charge in [-0.2, -0.15) is 10.2 Å². The van der Waals surface area contributed by atoms with Crippen molar-refractivity contribution in [2.24, 2.45) is 12.1 Å². The maximum atomic E-state index is 12.3. The number of halogens is 1. The summed E-state index contributed by atoms with van der Waals surface area (Å²) in [6.07, 6.45) is 2.23. The number of rotatable bonds is 2. The molecule has 148 valence electrons. The average Bonchev–Trinajstić information content (AvgIpc) is 3.32. The molecule has 0 radical (unpaired) electrons. The van der Waals surface area contributed by atoms with Gasteiger partial charge in [-0.25, -0.2) is 9.99 Å². The number of aromatic nitrogens is 3. The van der Waals surface area contributed by atoms with E-state index in [0.29, 0.717) is 41.8 Å². The summed E-state index contributed by atoms with van der Waals surface area (Å²) in [7, 11) is 1.85. The summed E-state index contributed by atoms with van der Waals surface area (Å²) in [5.41, 5.74) is 3.10. The van der Waals surface area contributed by atoms with Crippen LogP contribution in [0.3, 0.4) is 0 Å². The summed E-state index contributed by atoms with van der Waals surface area (Å²) in [5, 5.41) is 11.4. The van der Waals surface area contributed by atoms with Crippen molar-refractivity contribution in [1.29, 1.82) is 0 Å². The Balaban J connectivity index is 1.58. The van der Waals surface area contributed by atoms with Crippen LogP contribution < -0.4 is 9.47 Å². The number of fused-ring (bicyclic) bond motifs is 2. The minimum atomic E-state index is -0.338. The zero-order valence-corrected chi connectivity index (χ0v) is 16.7. The molecule has 2 aliphatic rings. The quantitative estimate of drug-likeness (QED) is 0.605. The summed E-state index contributed by atoms with van der Waals surface area (Å²) in [4.78, 5) is 16.8. The number of amides is 1. The third-order valence-corrected chi connectivity index (χ3v) is 5.47. The number of pyridine rings is 1. The van der Waals surface area contributed by atoms with E-state index in [0.717, 1.165) is 22.4 Å². The molecule has 0 bridgehead atoms. The molecule has 1 unspecified atom stereocenters. The molecular weight excluding hydrogens is 394 g/mol. The highest BCUT2D eigenvalue weighted by Gasteiger charge is 2.34. The molecule has 8 nitrogen and oxygen atoms in total. The van der Waals surface area contributed by atoms with Crippen LogP contribution >= 0.6 is 11.6 Å². The van der Waals surface area contributed by atoms with E-state index in [-0.39, 0.29) is 11.9 Å². The Hall–Kier alpha value is -3.13. The molecule has 5 rings (SSSR count). The van der Waals surface area contributed by atoms with Crippen LogP contribution in [0.15, 0.2) is 35.6 Å². The third-order valence-electron chi connectivity index (χ3n) is 5.17. The van der Waals surface area contributed by atoms with E-state index < -0.39 is 0 Å². The lowest BCUT2D eigenvalue weighted by molar-refractivity contribution is -0.130. The van der Waals surface area contributed by atoms with Gasteiger partial charge in [0.15, 0.2) is 11.5 Å². The highest BCUT2D eigenvalue weighted by atomic mass is 35.5. The fourth-order valence-corrected chi connectivity index (χ4v) is 4.06. The van der Waals surface area contributed by atoms with Gasteiger partial charge < -0.3 is 9.47 Å². The van der Waals surface area contributed by atoms with E-state index in [2.05, 4.69) is 15.2 Å². The van der Waals surface area contributed by atoms with E-state index >= 15 is 0 Å². The molecule has 3 aromatic rings. The maximum absolute atomic E-state index is 12.3. The first-order valence-corrected chi connectivity index (χ1v) is 9.64. The maximum Gasteiger partial charge on any atom is 0.240 e. The van der Waals surface area contributed by atoms with Crippen molar-refractivity contribution in [2.45, 2.75) is 19.4 Å². The summed E-state index contributed by atoms with van der Waals surface area (Å²) in [6, 6.07) is 7.21. The molecule has 4 heterocycles. The summed E-state index contributed by atoms with van der Waals surface area (Å²) in [5.74, 6) is 1.18. The van der Waals surface area contributed by atoms with Gasteiger partial charge in [0.1, 0.15) is 18.4 Å². The zero-order chi connectivity index (χ0) is 20.1. The second-order valence-electron chi connectivity index (χ2n) is 7.03. The second-order valence-corrected chi connectivity index (χ2v) is 7.39. The molecule has 1 atom stereocenters. The Morgan fingerprint density at radius 1 is 1.21 bits per heavy atom. The van der Waals surface area contributed by atoms with Crippen LogP contribution in [0.5, 0.6) is 11.5 Å². The fraction of sp³-hybridized carbons (Fsp3) is 0.300. The van der Waals surface area contributed by atoms with E-state index in [1.54, 1.807) is 10.9 Å². The van der Waals surface area contributed by atoms with Crippen molar-refractivity contribution in [3.63, 3.8) is 0 Å². The van der Waals surface area contributed by atoms with Gasteiger partial charge in [0, 0.05) is 43.6 Å². The lowest BCUT2D eigenvalue weighted by Gasteiger charge is -2.22. The van der Waals surface area contributed by atoms with Crippen LogP contribution in [0.1, 0.15) is 30.6 Å². The predicted molar refractivity (Wildman–Crippen MR) is 107 cm³/mol. The van der Waals surface area contributed by atoms with Gasteiger partial charge in [-0.15, -0.1) is 0 Å². The molecule has 0 spiro atoms. The molecule has 0 fully saturated rings. The molecule has 0 saturated heterocycles. The Morgan fingerprint density at radius 3 is 2.66 bits per heavy atom. The number of hydrazone groups is 1. The lowest BCUT2D eigenvalue weighted by atomic mass is 10.00. The molecule has 29 heavy (non-hydrogen) atoms. The molecule has 0 saturated carbocycles. The highest BCUT2D eigenvalue weighted by Crippen LogP contribution is 2.40. The van der Waals surface area contributed by atoms with Crippen molar-refractivity contribution in [2.75, 3.05) is 13.2 Å². The Labute approximate surface area is 171 Å².